The second kappa shape index (κ2) is 15.8. The van der Waals surface area contributed by atoms with Crippen LogP contribution in [0.5, 0.6) is 0 Å². The Morgan fingerprint density at radius 1 is 0.828 bits per heavy atom. The molecule has 0 aliphatic carbocycles. The molecule has 0 saturated carbocycles. The van der Waals surface area contributed by atoms with Gasteiger partial charge in [0.2, 0.25) is 0 Å². The van der Waals surface area contributed by atoms with Gasteiger partial charge in [-0.1, -0.05) is 46.2 Å². The van der Waals surface area contributed by atoms with Crippen LogP contribution in [0.3, 0.4) is 0 Å². The van der Waals surface area contributed by atoms with Crippen molar-refractivity contribution in [2.75, 3.05) is 0 Å². The third-order valence-electron chi connectivity index (χ3n) is 4.31. The van der Waals surface area contributed by atoms with Crippen molar-refractivity contribution in [1.29, 1.82) is 0 Å². The van der Waals surface area contributed by atoms with Crippen LogP contribution < -0.4 is 0 Å². The molecule has 4 rings (SSSR count). The van der Waals surface area contributed by atoms with Crippen molar-refractivity contribution in [3.05, 3.63) is 90.8 Å². The average Bonchev–Trinajstić information content (AvgIpc) is 3.24. The topological polar surface area (TPSA) is 0 Å². The number of hydrogen-bond acceptors (Lipinski definition) is 0. The van der Waals surface area contributed by atoms with Crippen LogP contribution in [0.15, 0.2) is 72.8 Å². The van der Waals surface area contributed by atoms with Gasteiger partial charge < -0.3 is 6.92 Å². The van der Waals surface area contributed by atoms with Crippen LogP contribution >= 0.6 is 12.4 Å². The van der Waals surface area contributed by atoms with Crippen LogP contribution in [-0.2, 0) is 23.3 Å². The van der Waals surface area contributed by atoms with Crippen LogP contribution in [0.1, 0.15) is 37.8 Å². The molecule has 0 atom stereocenters. The van der Waals surface area contributed by atoms with Crippen LogP contribution in [-0.4, -0.2) is 6.88 Å². The van der Waals surface area contributed by atoms with E-state index in [0.29, 0.717) is 0 Å². The first-order valence-electron chi connectivity index (χ1n) is 9.88. The van der Waals surface area contributed by atoms with Crippen molar-refractivity contribution in [3.8, 4) is 0 Å². The minimum absolute atomic E-state index is 0. The maximum atomic E-state index is 3.73. The van der Waals surface area contributed by atoms with Gasteiger partial charge in [-0.05, 0) is 5.92 Å². The summed E-state index contributed by atoms with van der Waals surface area (Å²) in [6.45, 7) is 14.4. The molecule has 0 spiro atoms. The molecule has 0 fully saturated rings. The van der Waals surface area contributed by atoms with Crippen molar-refractivity contribution in [3.63, 3.8) is 0 Å². The van der Waals surface area contributed by atoms with Gasteiger partial charge in [-0.3, -0.25) is 0 Å². The number of aryl methyl sites for hydroxylation is 2. The Labute approximate surface area is 200 Å². The van der Waals surface area contributed by atoms with Crippen molar-refractivity contribution >= 4 is 40.8 Å². The summed E-state index contributed by atoms with van der Waals surface area (Å²) in [6.07, 6.45) is 2.34. The maximum absolute atomic E-state index is 3.73. The van der Waals surface area contributed by atoms with Crippen LogP contribution in [0.2, 0.25) is 0 Å². The summed E-state index contributed by atoms with van der Waals surface area (Å²) >= 11 is 1.58. The number of fused-ring (bicyclic) bond motifs is 2. The molecular formula is C26H34ClSiZr-3. The predicted octanol–water partition coefficient (Wildman–Crippen LogP) is 7.49. The zero-order chi connectivity index (χ0) is 20.9. The second-order valence-electron chi connectivity index (χ2n) is 7.36. The van der Waals surface area contributed by atoms with E-state index in [1.54, 1.807) is 23.3 Å². The van der Waals surface area contributed by atoms with E-state index in [9.17, 15) is 0 Å². The van der Waals surface area contributed by atoms with Gasteiger partial charge in [0.15, 0.2) is 0 Å². The van der Waals surface area contributed by atoms with Gasteiger partial charge >= 0.3 is 30.2 Å². The number of benzene rings is 2. The fourth-order valence-corrected chi connectivity index (χ4v) is 3.02. The zero-order valence-electron chi connectivity index (χ0n) is 18.2. The predicted molar refractivity (Wildman–Crippen MR) is 134 cm³/mol. The van der Waals surface area contributed by atoms with E-state index >= 15 is 0 Å². The van der Waals surface area contributed by atoms with Gasteiger partial charge in [-0.15, -0.1) is 93.6 Å². The standard InChI is InChI=1S/2C10H9.C6H13.ClH.H2Si.Zr/c2*1-8-6-9-4-2-3-5-10(9)7-8;1-4-5-6(2)3;;;/h2*2-7H,1H3;6H,1,4-5H2,2-3H3;1H;1H2;/q3*-1;;;. The number of halogens is 1. The Kier molecular flexibility index (Phi) is 15.3. The van der Waals surface area contributed by atoms with Gasteiger partial charge in [-0.25, -0.2) is 0 Å². The van der Waals surface area contributed by atoms with Crippen molar-refractivity contribution in [1.82, 2.24) is 0 Å². The molecule has 4 aromatic rings. The molecular weight excluding hydrogens is 467 g/mol. The summed E-state index contributed by atoms with van der Waals surface area (Å²) in [6, 6.07) is 25.7. The quantitative estimate of drug-likeness (QED) is 0.197. The Balaban J connectivity index is 0.000000395. The Morgan fingerprint density at radius 2 is 1.21 bits per heavy atom. The molecule has 0 amide bonds. The number of rotatable bonds is 2. The van der Waals surface area contributed by atoms with E-state index in [2.05, 4.69) is 107 Å². The molecule has 0 saturated heterocycles. The SMILES string of the molecule is Cc1cc2ccccc2[cH-]1.Cc1cc2ccccc2[cH-]1.Cl.[CH2-]CCC(C)C.[SiH2]=[Zr]. The van der Waals surface area contributed by atoms with E-state index in [-0.39, 0.29) is 12.4 Å². The van der Waals surface area contributed by atoms with Crippen LogP contribution in [0.25, 0.3) is 21.5 Å². The molecule has 0 heterocycles. The third-order valence-corrected chi connectivity index (χ3v) is 4.31. The first kappa shape index (κ1) is 28.1. The van der Waals surface area contributed by atoms with Crippen molar-refractivity contribution in [2.24, 2.45) is 5.92 Å². The van der Waals surface area contributed by atoms with E-state index in [1.807, 2.05) is 6.88 Å². The Morgan fingerprint density at radius 3 is 1.48 bits per heavy atom. The molecule has 29 heavy (non-hydrogen) atoms. The molecule has 0 aromatic heterocycles. The minimum atomic E-state index is 0. The van der Waals surface area contributed by atoms with E-state index in [4.69, 9.17) is 0 Å². The first-order valence-corrected chi connectivity index (χ1v) is 15.8. The average molecular weight is 501 g/mol. The Bertz CT molecular complexity index is 798. The van der Waals surface area contributed by atoms with Gasteiger partial charge in [0.1, 0.15) is 0 Å². The van der Waals surface area contributed by atoms with E-state index in [0.717, 1.165) is 12.3 Å². The van der Waals surface area contributed by atoms with Crippen molar-refractivity contribution in [2.45, 2.75) is 40.5 Å². The first-order chi connectivity index (χ1) is 13.5. The van der Waals surface area contributed by atoms with Gasteiger partial charge in [0, 0.05) is 0 Å². The normalized spacial score (nSPS) is 9.41. The summed E-state index contributed by atoms with van der Waals surface area (Å²) in [5.74, 6) is 0.836. The Hall–Kier alpha value is -0.950. The molecule has 3 heteroatoms. The zero-order valence-corrected chi connectivity index (χ0v) is 22.9. The van der Waals surface area contributed by atoms with Gasteiger partial charge in [-0.2, -0.15) is 18.6 Å². The summed E-state index contributed by atoms with van der Waals surface area (Å²) in [5.41, 5.74) is 2.70. The monoisotopic (exact) mass is 499 g/mol. The fourth-order valence-electron chi connectivity index (χ4n) is 3.02. The summed E-state index contributed by atoms with van der Waals surface area (Å²) in [5, 5.41) is 5.39. The molecule has 0 N–H and O–H groups in total. The molecule has 156 valence electrons. The molecule has 0 aliphatic rings. The molecule has 0 nitrogen and oxygen atoms in total. The summed E-state index contributed by atoms with van der Waals surface area (Å²) in [7, 11) is 0. The van der Waals surface area contributed by atoms with Gasteiger partial charge in [0.25, 0.3) is 0 Å². The van der Waals surface area contributed by atoms with E-state index in [1.165, 1.54) is 39.1 Å². The summed E-state index contributed by atoms with van der Waals surface area (Å²) in [4.78, 5) is 0. The third kappa shape index (κ3) is 10.6. The van der Waals surface area contributed by atoms with Crippen LogP contribution in [0, 0.1) is 26.7 Å². The van der Waals surface area contributed by atoms with Gasteiger partial charge in [0.05, 0.1) is 0 Å². The molecule has 0 radical (unpaired) electrons. The second-order valence-corrected chi connectivity index (χ2v) is 7.36. The van der Waals surface area contributed by atoms with E-state index < -0.39 is 0 Å². The molecule has 4 aromatic carbocycles. The molecule has 0 unspecified atom stereocenters. The van der Waals surface area contributed by atoms with Crippen LogP contribution in [0.4, 0.5) is 0 Å². The molecule has 0 aliphatic heterocycles. The number of hydrogen-bond donors (Lipinski definition) is 0. The molecule has 0 bridgehead atoms. The summed E-state index contributed by atoms with van der Waals surface area (Å²) < 4.78 is 0. The van der Waals surface area contributed by atoms with Crippen molar-refractivity contribution < 1.29 is 23.3 Å². The fraction of sp³-hybridized carbons (Fsp3) is 0.269.